The Morgan fingerprint density at radius 1 is 0.912 bits per heavy atom. The van der Waals surface area contributed by atoms with E-state index in [2.05, 4.69) is 17.5 Å². The fourth-order valence-electron chi connectivity index (χ4n) is 3.71. The van der Waals surface area contributed by atoms with E-state index in [4.69, 9.17) is 16.3 Å². The number of nitrogens with one attached hydrogen (secondary N) is 1. The highest BCUT2D eigenvalue weighted by Crippen LogP contribution is 2.27. The molecule has 3 aromatic carbocycles. The summed E-state index contributed by atoms with van der Waals surface area (Å²) in [5, 5.41) is 6.54. The number of halogens is 1. The van der Waals surface area contributed by atoms with E-state index in [0.29, 0.717) is 28.3 Å². The first-order valence-electron chi connectivity index (χ1n) is 11.9. The summed E-state index contributed by atoms with van der Waals surface area (Å²) >= 11 is 5.91. The SMILES string of the molecule is CCCCCCCCCC(=O)N/N=C/c1c(OC(=O)c2ccc(Cl)cc2)ccc2ccccc12. The molecule has 0 aromatic heterocycles. The van der Waals surface area contributed by atoms with Gasteiger partial charge in [-0.1, -0.05) is 87.4 Å². The Bertz CT molecular complexity index is 1130. The highest BCUT2D eigenvalue weighted by atomic mass is 35.5. The van der Waals surface area contributed by atoms with Gasteiger partial charge in [0.05, 0.1) is 11.8 Å². The summed E-state index contributed by atoms with van der Waals surface area (Å²) in [7, 11) is 0. The normalized spacial score (nSPS) is 11.1. The monoisotopic (exact) mass is 478 g/mol. The quantitative estimate of drug-likeness (QED) is 0.0975. The molecule has 0 fully saturated rings. The van der Waals surface area contributed by atoms with Crippen molar-refractivity contribution in [2.75, 3.05) is 0 Å². The zero-order chi connectivity index (χ0) is 24.2. The minimum Gasteiger partial charge on any atom is -0.422 e. The Morgan fingerprint density at radius 2 is 1.62 bits per heavy atom. The van der Waals surface area contributed by atoms with Crippen LogP contribution in [0.15, 0.2) is 65.8 Å². The third-order valence-electron chi connectivity index (χ3n) is 5.60. The van der Waals surface area contributed by atoms with E-state index in [1.54, 1.807) is 30.3 Å². The molecule has 0 saturated carbocycles. The number of carbonyl (C=O) groups is 2. The maximum absolute atomic E-state index is 12.6. The number of hydrogen-bond acceptors (Lipinski definition) is 4. The van der Waals surface area contributed by atoms with E-state index >= 15 is 0 Å². The van der Waals surface area contributed by atoms with Gasteiger partial charge in [0.1, 0.15) is 5.75 Å². The van der Waals surface area contributed by atoms with E-state index < -0.39 is 5.97 Å². The van der Waals surface area contributed by atoms with Crippen LogP contribution < -0.4 is 10.2 Å². The van der Waals surface area contributed by atoms with Gasteiger partial charge in [0.2, 0.25) is 5.91 Å². The van der Waals surface area contributed by atoms with E-state index in [0.717, 1.165) is 30.0 Å². The van der Waals surface area contributed by atoms with Crippen molar-refractivity contribution < 1.29 is 14.3 Å². The van der Waals surface area contributed by atoms with Gasteiger partial charge in [0, 0.05) is 17.0 Å². The fraction of sp³-hybridized carbons (Fsp3) is 0.321. The van der Waals surface area contributed by atoms with Gasteiger partial charge in [-0.2, -0.15) is 5.10 Å². The number of esters is 1. The highest BCUT2D eigenvalue weighted by Gasteiger charge is 2.13. The van der Waals surface area contributed by atoms with E-state index in [9.17, 15) is 9.59 Å². The molecule has 1 N–H and O–H groups in total. The van der Waals surface area contributed by atoms with Gasteiger partial charge >= 0.3 is 5.97 Å². The molecule has 0 bridgehead atoms. The predicted molar refractivity (Wildman–Crippen MR) is 139 cm³/mol. The maximum atomic E-state index is 12.6. The van der Waals surface area contributed by atoms with Crippen molar-refractivity contribution in [2.24, 2.45) is 5.10 Å². The fourth-order valence-corrected chi connectivity index (χ4v) is 3.84. The van der Waals surface area contributed by atoms with Crippen molar-refractivity contribution in [2.45, 2.75) is 58.3 Å². The van der Waals surface area contributed by atoms with Crippen molar-refractivity contribution in [3.63, 3.8) is 0 Å². The molecule has 34 heavy (non-hydrogen) atoms. The Kier molecular flexibility index (Phi) is 10.1. The van der Waals surface area contributed by atoms with Gasteiger partial charge < -0.3 is 4.74 Å². The van der Waals surface area contributed by atoms with Crippen molar-refractivity contribution in [3.8, 4) is 5.75 Å². The number of hydrogen-bond donors (Lipinski definition) is 1. The average Bonchev–Trinajstić information content (AvgIpc) is 2.85. The van der Waals surface area contributed by atoms with Crippen molar-refractivity contribution in [1.29, 1.82) is 0 Å². The molecule has 5 nitrogen and oxygen atoms in total. The summed E-state index contributed by atoms with van der Waals surface area (Å²) in [5.41, 5.74) is 3.61. The topological polar surface area (TPSA) is 67.8 Å². The first kappa shape index (κ1) is 25.4. The highest BCUT2D eigenvalue weighted by molar-refractivity contribution is 6.30. The number of hydrazone groups is 1. The number of carbonyl (C=O) groups excluding carboxylic acids is 2. The third-order valence-corrected chi connectivity index (χ3v) is 5.86. The Hall–Kier alpha value is -3.18. The van der Waals surface area contributed by atoms with Crippen LogP contribution in [0.25, 0.3) is 10.8 Å². The molecule has 0 aliphatic heterocycles. The second-order valence-corrected chi connectivity index (χ2v) is 8.70. The zero-order valence-electron chi connectivity index (χ0n) is 19.6. The molecule has 0 saturated heterocycles. The second-order valence-electron chi connectivity index (χ2n) is 8.26. The largest absolute Gasteiger partial charge is 0.422 e. The first-order chi connectivity index (χ1) is 16.6. The van der Waals surface area contributed by atoms with Crippen LogP contribution in [-0.2, 0) is 4.79 Å². The van der Waals surface area contributed by atoms with Crippen molar-refractivity contribution in [1.82, 2.24) is 5.43 Å². The predicted octanol–water partition coefficient (Wildman–Crippen LogP) is 7.30. The van der Waals surface area contributed by atoms with Gasteiger partial charge in [0.15, 0.2) is 0 Å². The van der Waals surface area contributed by atoms with Crippen molar-refractivity contribution in [3.05, 3.63) is 76.8 Å². The molecule has 3 aromatic rings. The van der Waals surface area contributed by atoms with Crippen LogP contribution in [0.4, 0.5) is 0 Å². The third kappa shape index (κ3) is 7.70. The number of benzene rings is 3. The molecule has 0 heterocycles. The van der Waals surface area contributed by atoms with Gasteiger partial charge in [-0.15, -0.1) is 0 Å². The molecule has 0 aliphatic rings. The number of ether oxygens (including phenoxy) is 1. The first-order valence-corrected chi connectivity index (χ1v) is 12.3. The lowest BCUT2D eigenvalue weighted by molar-refractivity contribution is -0.121. The lowest BCUT2D eigenvalue weighted by Gasteiger charge is -2.10. The molecular formula is C28H31ClN2O3. The van der Waals surface area contributed by atoms with Crippen LogP contribution >= 0.6 is 11.6 Å². The average molecular weight is 479 g/mol. The molecular weight excluding hydrogens is 448 g/mol. The number of nitrogens with zero attached hydrogens (tertiary/aromatic N) is 1. The zero-order valence-corrected chi connectivity index (χ0v) is 20.3. The van der Waals surface area contributed by atoms with Gasteiger partial charge in [-0.3, -0.25) is 4.79 Å². The molecule has 1 amide bonds. The summed E-state index contributed by atoms with van der Waals surface area (Å²) in [6.45, 7) is 2.20. The minimum absolute atomic E-state index is 0.121. The summed E-state index contributed by atoms with van der Waals surface area (Å²) in [6.07, 6.45) is 10.1. The standard InChI is InChI=1S/C28H31ClN2O3/c1-2-3-4-5-6-7-8-13-27(32)31-30-20-25-24-12-10-9-11-21(24)16-19-26(25)34-28(33)22-14-17-23(29)18-15-22/h9-12,14-20H,2-8,13H2,1H3,(H,31,32)/b30-20+. The van der Waals surface area contributed by atoms with Crippen LogP contribution in [0.2, 0.25) is 5.02 Å². The molecule has 0 aliphatic carbocycles. The number of fused-ring (bicyclic) bond motifs is 1. The second kappa shape index (κ2) is 13.5. The van der Waals surface area contributed by atoms with Gasteiger partial charge in [0.25, 0.3) is 0 Å². The van der Waals surface area contributed by atoms with E-state index in [1.807, 2.05) is 30.3 Å². The van der Waals surface area contributed by atoms with Crippen LogP contribution in [0.1, 0.15) is 74.2 Å². The maximum Gasteiger partial charge on any atom is 0.343 e. The summed E-state index contributed by atoms with van der Waals surface area (Å²) < 4.78 is 5.67. The van der Waals surface area contributed by atoms with Crippen molar-refractivity contribution >= 4 is 40.5 Å². The molecule has 178 valence electrons. The molecule has 0 radical (unpaired) electrons. The van der Waals surface area contributed by atoms with Gasteiger partial charge in [-0.25, -0.2) is 10.2 Å². The van der Waals surface area contributed by atoms with Crippen LogP contribution in [0.5, 0.6) is 5.75 Å². The Morgan fingerprint density at radius 3 is 2.38 bits per heavy atom. The number of amides is 1. The molecule has 3 rings (SSSR count). The smallest absolute Gasteiger partial charge is 0.343 e. The van der Waals surface area contributed by atoms with Gasteiger partial charge in [-0.05, 0) is 47.5 Å². The van der Waals surface area contributed by atoms with E-state index in [1.165, 1.54) is 31.9 Å². The number of rotatable bonds is 12. The number of unbranched alkanes of at least 4 members (excludes halogenated alkanes) is 6. The lowest BCUT2D eigenvalue weighted by atomic mass is 10.0. The van der Waals surface area contributed by atoms with Crippen LogP contribution in [0, 0.1) is 0 Å². The summed E-state index contributed by atoms with van der Waals surface area (Å²) in [4.78, 5) is 24.8. The Balaban J connectivity index is 1.64. The van der Waals surface area contributed by atoms with Crippen LogP contribution in [0.3, 0.4) is 0 Å². The molecule has 0 unspecified atom stereocenters. The summed E-state index contributed by atoms with van der Waals surface area (Å²) in [5.74, 6) is -0.252. The summed E-state index contributed by atoms with van der Waals surface area (Å²) in [6, 6.07) is 17.9. The minimum atomic E-state index is -0.496. The molecule has 6 heteroatoms. The van der Waals surface area contributed by atoms with E-state index in [-0.39, 0.29) is 5.91 Å². The Labute approximate surface area is 206 Å². The molecule has 0 spiro atoms. The van der Waals surface area contributed by atoms with Crippen LogP contribution in [-0.4, -0.2) is 18.1 Å². The molecule has 0 atom stereocenters. The lowest BCUT2D eigenvalue weighted by Crippen LogP contribution is -2.17.